The lowest BCUT2D eigenvalue weighted by molar-refractivity contribution is 0.808. The minimum Gasteiger partial charge on any atom is -0.0616 e. The largest absolute Gasteiger partial charge is 0.0616 e. The van der Waals surface area contributed by atoms with E-state index in [0.717, 1.165) is 6.42 Å². The molecular formula is C43H30. The molecule has 0 heteroatoms. The molecule has 9 rings (SSSR count). The first-order valence-electron chi connectivity index (χ1n) is 15.4. The zero-order valence-corrected chi connectivity index (χ0v) is 24.0. The number of rotatable bonds is 3. The maximum atomic E-state index is 2.49. The molecule has 0 N–H and O–H groups in total. The standard InChI is InChI=1S/C43H30/c1-2-11-30-24-32(23-22-28(30)10-1)31-14-9-17-35(25-31)42-37-18-3-5-20-39(37)43(40-21-6-4-19-38(40)42)36-26-33-15-7-12-29-13-8-16-34(27-36)41(29)33/h1-7,9-12,14-15,17-27H,8,13,16H2. The van der Waals surface area contributed by atoms with E-state index in [4.69, 9.17) is 0 Å². The smallest absolute Gasteiger partial charge is 0.00261 e. The van der Waals surface area contributed by atoms with Gasteiger partial charge in [-0.1, -0.05) is 127 Å². The van der Waals surface area contributed by atoms with Gasteiger partial charge in [-0.15, -0.1) is 0 Å². The highest BCUT2D eigenvalue weighted by molar-refractivity contribution is 6.22. The summed E-state index contributed by atoms with van der Waals surface area (Å²) in [6.45, 7) is 0. The predicted molar refractivity (Wildman–Crippen MR) is 185 cm³/mol. The second kappa shape index (κ2) is 9.68. The van der Waals surface area contributed by atoms with Gasteiger partial charge in [0.2, 0.25) is 0 Å². The molecule has 0 fully saturated rings. The van der Waals surface area contributed by atoms with Gasteiger partial charge in [-0.3, -0.25) is 0 Å². The normalized spacial score (nSPS) is 12.8. The summed E-state index contributed by atoms with van der Waals surface area (Å²) in [6.07, 6.45) is 3.56. The number of aryl methyl sites for hydroxylation is 2. The van der Waals surface area contributed by atoms with Crippen LogP contribution in [0.3, 0.4) is 0 Å². The Morgan fingerprint density at radius 3 is 1.65 bits per heavy atom. The van der Waals surface area contributed by atoms with Gasteiger partial charge in [-0.25, -0.2) is 0 Å². The summed E-state index contributed by atoms with van der Waals surface area (Å²) in [7, 11) is 0. The van der Waals surface area contributed by atoms with Gasteiger partial charge >= 0.3 is 0 Å². The number of benzene rings is 8. The van der Waals surface area contributed by atoms with Crippen LogP contribution >= 0.6 is 0 Å². The topological polar surface area (TPSA) is 0 Å². The van der Waals surface area contributed by atoms with E-state index in [0.29, 0.717) is 0 Å². The van der Waals surface area contributed by atoms with Gasteiger partial charge in [0.25, 0.3) is 0 Å². The highest BCUT2D eigenvalue weighted by atomic mass is 14.2. The molecular weight excluding hydrogens is 516 g/mol. The van der Waals surface area contributed by atoms with Crippen LogP contribution in [0.25, 0.3) is 76.5 Å². The Morgan fingerprint density at radius 2 is 0.884 bits per heavy atom. The monoisotopic (exact) mass is 546 g/mol. The van der Waals surface area contributed by atoms with Crippen LogP contribution in [0.4, 0.5) is 0 Å². The third-order valence-corrected chi connectivity index (χ3v) is 9.49. The van der Waals surface area contributed by atoms with E-state index < -0.39 is 0 Å². The maximum Gasteiger partial charge on any atom is -0.00261 e. The van der Waals surface area contributed by atoms with Crippen LogP contribution in [0.15, 0.2) is 146 Å². The lowest BCUT2D eigenvalue weighted by Gasteiger charge is -2.21. The fourth-order valence-electron chi connectivity index (χ4n) is 7.59. The first-order valence-corrected chi connectivity index (χ1v) is 15.4. The number of hydrogen-bond acceptors (Lipinski definition) is 0. The van der Waals surface area contributed by atoms with Crippen LogP contribution in [0.5, 0.6) is 0 Å². The second-order valence-electron chi connectivity index (χ2n) is 12.0. The number of fused-ring (bicyclic) bond motifs is 3. The van der Waals surface area contributed by atoms with E-state index in [1.54, 1.807) is 0 Å². The van der Waals surface area contributed by atoms with E-state index in [1.165, 1.54) is 100 Å². The fourth-order valence-corrected chi connectivity index (χ4v) is 7.59. The molecule has 43 heavy (non-hydrogen) atoms. The summed E-state index contributed by atoms with van der Waals surface area (Å²) in [5.41, 5.74) is 10.7. The summed E-state index contributed by atoms with van der Waals surface area (Å²) >= 11 is 0. The van der Waals surface area contributed by atoms with E-state index in [1.807, 2.05) is 0 Å². The second-order valence-corrected chi connectivity index (χ2v) is 12.0. The molecule has 0 unspecified atom stereocenters. The Labute approximate surface area is 251 Å². The van der Waals surface area contributed by atoms with Crippen LogP contribution in [0.1, 0.15) is 17.5 Å². The van der Waals surface area contributed by atoms with Crippen molar-refractivity contribution in [2.45, 2.75) is 19.3 Å². The lowest BCUT2D eigenvalue weighted by Crippen LogP contribution is -2.01. The minimum absolute atomic E-state index is 1.15. The average molecular weight is 547 g/mol. The van der Waals surface area contributed by atoms with Crippen molar-refractivity contribution in [3.63, 3.8) is 0 Å². The Balaban J connectivity index is 1.30. The molecule has 0 aromatic heterocycles. The van der Waals surface area contributed by atoms with Crippen LogP contribution in [-0.2, 0) is 12.8 Å². The van der Waals surface area contributed by atoms with E-state index in [2.05, 4.69) is 146 Å². The molecule has 0 bridgehead atoms. The van der Waals surface area contributed by atoms with Gasteiger partial charge in [0.05, 0.1) is 0 Å². The Kier molecular flexibility index (Phi) is 5.49. The van der Waals surface area contributed by atoms with Gasteiger partial charge in [-0.05, 0) is 125 Å². The molecule has 0 aliphatic heterocycles. The maximum absolute atomic E-state index is 2.49. The van der Waals surface area contributed by atoms with Gasteiger partial charge < -0.3 is 0 Å². The van der Waals surface area contributed by atoms with Crippen LogP contribution in [0, 0.1) is 0 Å². The zero-order valence-electron chi connectivity index (χ0n) is 24.0. The third-order valence-electron chi connectivity index (χ3n) is 9.49. The van der Waals surface area contributed by atoms with Crippen LogP contribution in [-0.4, -0.2) is 0 Å². The van der Waals surface area contributed by atoms with Crippen molar-refractivity contribution in [3.05, 3.63) is 157 Å². The Bertz CT molecular complexity index is 2320. The highest BCUT2D eigenvalue weighted by Crippen LogP contribution is 2.45. The van der Waals surface area contributed by atoms with Crippen molar-refractivity contribution in [2.24, 2.45) is 0 Å². The molecule has 0 saturated carbocycles. The van der Waals surface area contributed by atoms with Crippen LogP contribution < -0.4 is 0 Å². The van der Waals surface area contributed by atoms with E-state index in [9.17, 15) is 0 Å². The lowest BCUT2D eigenvalue weighted by atomic mass is 9.82. The van der Waals surface area contributed by atoms with Crippen molar-refractivity contribution >= 4 is 43.1 Å². The SMILES string of the molecule is c1cc(-c2ccc3ccccc3c2)cc(-c2c3ccccc3c(-c3cc4c5c(cccc5c3)CCC4)c3ccccc23)c1. The summed E-state index contributed by atoms with van der Waals surface area (Å²) < 4.78 is 0. The van der Waals surface area contributed by atoms with Crippen molar-refractivity contribution < 1.29 is 0 Å². The zero-order chi connectivity index (χ0) is 28.3. The van der Waals surface area contributed by atoms with Crippen molar-refractivity contribution in [1.82, 2.24) is 0 Å². The van der Waals surface area contributed by atoms with Crippen LogP contribution in [0.2, 0.25) is 0 Å². The van der Waals surface area contributed by atoms with Gasteiger partial charge in [0.1, 0.15) is 0 Å². The predicted octanol–water partition coefficient (Wildman–Crippen LogP) is 11.8. The summed E-state index contributed by atoms with van der Waals surface area (Å²) in [5.74, 6) is 0. The Hall–Kier alpha value is -5.20. The summed E-state index contributed by atoms with van der Waals surface area (Å²) in [6, 6.07) is 54.3. The van der Waals surface area contributed by atoms with E-state index >= 15 is 0 Å². The quantitative estimate of drug-likeness (QED) is 0.193. The van der Waals surface area contributed by atoms with Gasteiger partial charge in [0, 0.05) is 0 Å². The van der Waals surface area contributed by atoms with Crippen molar-refractivity contribution in [1.29, 1.82) is 0 Å². The number of hydrogen-bond donors (Lipinski definition) is 0. The molecule has 0 amide bonds. The first-order chi connectivity index (χ1) is 21.3. The third kappa shape index (κ3) is 3.91. The Morgan fingerprint density at radius 1 is 0.326 bits per heavy atom. The molecule has 0 heterocycles. The summed E-state index contributed by atoms with van der Waals surface area (Å²) in [5, 5.41) is 10.6. The highest BCUT2D eigenvalue weighted by Gasteiger charge is 2.19. The molecule has 1 aliphatic rings. The van der Waals surface area contributed by atoms with E-state index in [-0.39, 0.29) is 0 Å². The molecule has 8 aromatic carbocycles. The average Bonchev–Trinajstić information content (AvgIpc) is 3.07. The first kappa shape index (κ1) is 24.4. The molecule has 0 spiro atoms. The van der Waals surface area contributed by atoms with Crippen molar-refractivity contribution in [2.75, 3.05) is 0 Å². The molecule has 1 aliphatic carbocycles. The molecule has 0 radical (unpaired) electrons. The molecule has 8 aromatic rings. The minimum atomic E-state index is 1.15. The molecule has 0 nitrogen and oxygen atoms in total. The molecule has 0 saturated heterocycles. The fraction of sp³-hybridized carbons (Fsp3) is 0.0698. The molecule has 0 atom stereocenters. The summed E-state index contributed by atoms with van der Waals surface area (Å²) in [4.78, 5) is 0. The van der Waals surface area contributed by atoms with Crippen molar-refractivity contribution in [3.8, 4) is 33.4 Å². The van der Waals surface area contributed by atoms with Gasteiger partial charge in [-0.2, -0.15) is 0 Å². The molecule has 202 valence electrons. The van der Waals surface area contributed by atoms with Gasteiger partial charge in [0.15, 0.2) is 0 Å².